The predicted octanol–water partition coefficient (Wildman–Crippen LogP) is 4.04. The van der Waals surface area contributed by atoms with Crippen LogP contribution in [0.5, 0.6) is 5.75 Å². The summed E-state index contributed by atoms with van der Waals surface area (Å²) < 4.78 is 18.4. The molecule has 1 aliphatic heterocycles. The molecule has 104 valence electrons. The molecule has 0 aromatic heterocycles. The summed E-state index contributed by atoms with van der Waals surface area (Å²) in [6, 6.07) is 13.2. The van der Waals surface area contributed by atoms with E-state index in [9.17, 15) is 9.18 Å². The van der Waals surface area contributed by atoms with Crippen molar-refractivity contribution in [3.05, 3.63) is 83.2 Å². The van der Waals surface area contributed by atoms with Crippen molar-refractivity contribution in [3.8, 4) is 5.75 Å². The van der Waals surface area contributed by atoms with Crippen molar-refractivity contribution in [2.45, 2.75) is 0 Å². The lowest BCUT2D eigenvalue weighted by Gasteiger charge is -2.15. The van der Waals surface area contributed by atoms with Crippen molar-refractivity contribution in [3.63, 3.8) is 0 Å². The van der Waals surface area contributed by atoms with E-state index in [0.717, 1.165) is 16.9 Å². The molecule has 21 heavy (non-hydrogen) atoms. The van der Waals surface area contributed by atoms with E-state index in [2.05, 4.69) is 0 Å². The van der Waals surface area contributed by atoms with E-state index in [0.29, 0.717) is 12.2 Å². The summed E-state index contributed by atoms with van der Waals surface area (Å²) in [7, 11) is 0. The Hall–Kier alpha value is -2.68. The van der Waals surface area contributed by atoms with E-state index in [1.807, 2.05) is 30.3 Å². The number of benzene rings is 2. The van der Waals surface area contributed by atoms with Crippen molar-refractivity contribution >= 4 is 11.9 Å². The van der Waals surface area contributed by atoms with Gasteiger partial charge in [-0.25, -0.2) is 4.39 Å². The highest BCUT2D eigenvalue weighted by Crippen LogP contribution is 2.26. The molecule has 0 amide bonds. The molecule has 0 radical (unpaired) electrons. The van der Waals surface area contributed by atoms with Crippen LogP contribution in [0.4, 0.5) is 4.39 Å². The van der Waals surface area contributed by atoms with Gasteiger partial charge in [-0.3, -0.25) is 4.79 Å². The number of rotatable bonds is 3. The topological polar surface area (TPSA) is 26.3 Å². The standard InChI is InChI=1S/C18H13FO2/c19-16-8-6-14(7-9-16)17(20)10-5-13-11-15-3-1-2-4-18(15)21-12-13/h1-11H,12H2/b10-5+. The average Bonchev–Trinajstić information content (AvgIpc) is 2.53. The number of ketones is 1. The maximum absolute atomic E-state index is 12.8. The fourth-order valence-corrected chi connectivity index (χ4v) is 2.12. The normalized spacial score (nSPS) is 13.5. The van der Waals surface area contributed by atoms with E-state index < -0.39 is 0 Å². The number of para-hydroxylation sites is 1. The number of ether oxygens (including phenoxy) is 1. The lowest BCUT2D eigenvalue weighted by Crippen LogP contribution is -2.06. The molecule has 0 unspecified atom stereocenters. The van der Waals surface area contributed by atoms with Gasteiger partial charge in [0.25, 0.3) is 0 Å². The third-order valence-electron chi connectivity index (χ3n) is 3.23. The lowest BCUT2D eigenvalue weighted by atomic mass is 10.1. The summed E-state index contributed by atoms with van der Waals surface area (Å²) in [5.74, 6) is 0.338. The molecular weight excluding hydrogens is 267 g/mol. The van der Waals surface area contributed by atoms with Crippen LogP contribution >= 0.6 is 0 Å². The second-order valence-electron chi connectivity index (χ2n) is 4.75. The number of hydrogen-bond donors (Lipinski definition) is 0. The Morgan fingerprint density at radius 2 is 1.86 bits per heavy atom. The maximum atomic E-state index is 12.8. The fourth-order valence-electron chi connectivity index (χ4n) is 2.12. The second-order valence-corrected chi connectivity index (χ2v) is 4.75. The Kier molecular flexibility index (Phi) is 3.65. The van der Waals surface area contributed by atoms with Crippen LogP contribution in [0.3, 0.4) is 0 Å². The first-order chi connectivity index (χ1) is 10.2. The molecule has 2 aromatic carbocycles. The van der Waals surface area contributed by atoms with Crippen molar-refractivity contribution in [2.75, 3.05) is 6.61 Å². The van der Waals surface area contributed by atoms with Gasteiger partial charge in [-0.2, -0.15) is 0 Å². The molecule has 2 nitrogen and oxygen atoms in total. The summed E-state index contributed by atoms with van der Waals surface area (Å²) in [6.45, 7) is 0.435. The number of carbonyl (C=O) groups is 1. The highest BCUT2D eigenvalue weighted by atomic mass is 19.1. The zero-order valence-corrected chi connectivity index (χ0v) is 11.3. The van der Waals surface area contributed by atoms with Gasteiger partial charge in [-0.15, -0.1) is 0 Å². The van der Waals surface area contributed by atoms with Gasteiger partial charge in [0.1, 0.15) is 18.2 Å². The molecule has 0 saturated heterocycles. The Balaban J connectivity index is 1.76. The number of fused-ring (bicyclic) bond motifs is 1. The number of carbonyl (C=O) groups excluding carboxylic acids is 1. The summed E-state index contributed by atoms with van der Waals surface area (Å²) in [5.41, 5.74) is 2.38. The zero-order chi connectivity index (χ0) is 14.7. The third-order valence-corrected chi connectivity index (χ3v) is 3.23. The minimum absolute atomic E-state index is 0.158. The van der Waals surface area contributed by atoms with E-state index in [1.165, 1.54) is 30.3 Å². The molecular formula is C18H13FO2. The molecule has 0 saturated carbocycles. The highest BCUT2D eigenvalue weighted by Gasteiger charge is 2.09. The minimum Gasteiger partial charge on any atom is -0.488 e. The van der Waals surface area contributed by atoms with E-state index in [-0.39, 0.29) is 11.6 Å². The van der Waals surface area contributed by atoms with Crippen LogP contribution in [-0.2, 0) is 0 Å². The summed E-state index contributed by atoms with van der Waals surface area (Å²) in [5, 5.41) is 0. The first-order valence-corrected chi connectivity index (χ1v) is 6.63. The molecule has 0 aliphatic carbocycles. The number of halogens is 1. The van der Waals surface area contributed by atoms with E-state index >= 15 is 0 Å². The summed E-state index contributed by atoms with van der Waals surface area (Å²) in [6.07, 6.45) is 5.21. The van der Waals surface area contributed by atoms with Crippen LogP contribution in [0.1, 0.15) is 15.9 Å². The molecule has 0 spiro atoms. The summed E-state index contributed by atoms with van der Waals surface area (Å²) >= 11 is 0. The molecule has 1 aliphatic rings. The Morgan fingerprint density at radius 1 is 1.10 bits per heavy atom. The lowest BCUT2D eigenvalue weighted by molar-refractivity contribution is 0.104. The van der Waals surface area contributed by atoms with Gasteiger partial charge in [-0.1, -0.05) is 24.3 Å². The monoisotopic (exact) mass is 280 g/mol. The zero-order valence-electron chi connectivity index (χ0n) is 11.3. The van der Waals surface area contributed by atoms with Crippen LogP contribution in [0, 0.1) is 5.82 Å². The Bertz CT molecular complexity index is 727. The third kappa shape index (κ3) is 3.08. The molecule has 0 bridgehead atoms. The first-order valence-electron chi connectivity index (χ1n) is 6.63. The van der Waals surface area contributed by atoms with Gasteiger partial charge >= 0.3 is 0 Å². The molecule has 0 fully saturated rings. The van der Waals surface area contributed by atoms with Crippen molar-refractivity contribution in [1.82, 2.24) is 0 Å². The van der Waals surface area contributed by atoms with Gasteiger partial charge in [0.05, 0.1) is 0 Å². The molecule has 3 heteroatoms. The van der Waals surface area contributed by atoms with E-state index in [4.69, 9.17) is 4.74 Å². The second kappa shape index (κ2) is 5.75. The molecule has 3 rings (SSSR count). The van der Waals surface area contributed by atoms with E-state index in [1.54, 1.807) is 6.08 Å². The number of hydrogen-bond acceptors (Lipinski definition) is 2. The van der Waals surface area contributed by atoms with Gasteiger partial charge < -0.3 is 4.74 Å². The average molecular weight is 280 g/mol. The van der Waals surface area contributed by atoms with Crippen LogP contribution < -0.4 is 4.74 Å². The largest absolute Gasteiger partial charge is 0.488 e. The molecule has 1 heterocycles. The van der Waals surface area contributed by atoms with Crippen LogP contribution in [-0.4, -0.2) is 12.4 Å². The number of allylic oxidation sites excluding steroid dienone is 1. The van der Waals surface area contributed by atoms with Crippen molar-refractivity contribution < 1.29 is 13.9 Å². The van der Waals surface area contributed by atoms with Crippen LogP contribution in [0.2, 0.25) is 0 Å². The quantitative estimate of drug-likeness (QED) is 0.626. The molecule has 2 aromatic rings. The maximum Gasteiger partial charge on any atom is 0.185 e. The van der Waals surface area contributed by atoms with Crippen LogP contribution in [0.15, 0.2) is 66.3 Å². The van der Waals surface area contributed by atoms with Gasteiger partial charge in [-0.05, 0) is 48.1 Å². The highest BCUT2D eigenvalue weighted by molar-refractivity contribution is 6.04. The smallest absolute Gasteiger partial charge is 0.185 e. The first kappa shape index (κ1) is 13.3. The van der Waals surface area contributed by atoms with Gasteiger partial charge in [0.15, 0.2) is 5.78 Å². The SMILES string of the molecule is O=C(/C=C/C1=Cc2ccccc2OC1)c1ccc(F)cc1. The van der Waals surface area contributed by atoms with Gasteiger partial charge in [0, 0.05) is 11.1 Å². The Morgan fingerprint density at radius 3 is 2.67 bits per heavy atom. The Labute approximate surface area is 122 Å². The predicted molar refractivity (Wildman–Crippen MR) is 79.8 cm³/mol. The molecule has 0 N–H and O–H groups in total. The van der Waals surface area contributed by atoms with Crippen LogP contribution in [0.25, 0.3) is 6.08 Å². The molecule has 0 atom stereocenters. The summed E-state index contributed by atoms with van der Waals surface area (Å²) in [4.78, 5) is 12.0. The van der Waals surface area contributed by atoms with Crippen molar-refractivity contribution in [1.29, 1.82) is 0 Å². The van der Waals surface area contributed by atoms with Gasteiger partial charge in [0.2, 0.25) is 0 Å². The minimum atomic E-state index is -0.351. The van der Waals surface area contributed by atoms with Crippen molar-refractivity contribution in [2.24, 2.45) is 0 Å². The fraction of sp³-hybridized carbons (Fsp3) is 0.0556.